The maximum atomic E-state index is 4.06. The van der Waals surface area contributed by atoms with Gasteiger partial charge in [0, 0.05) is 31.5 Å². The quantitative estimate of drug-likeness (QED) is 0.926. The summed E-state index contributed by atoms with van der Waals surface area (Å²) in [4.78, 5) is 6.61. The normalized spacial score (nSPS) is 21.1. The number of hydrogen-bond donors (Lipinski definition) is 1. The molecule has 94 valence electrons. The van der Waals surface area contributed by atoms with Crippen LogP contribution in [0.3, 0.4) is 0 Å². The van der Waals surface area contributed by atoms with E-state index >= 15 is 0 Å². The summed E-state index contributed by atoms with van der Waals surface area (Å²) in [5, 5.41) is 3.50. The van der Waals surface area contributed by atoms with Gasteiger partial charge < -0.3 is 10.2 Å². The number of nitrogens with one attached hydrogen (secondary N) is 1. The Morgan fingerprint density at radius 3 is 3.06 bits per heavy atom. The second-order valence-electron chi connectivity index (χ2n) is 4.98. The summed E-state index contributed by atoms with van der Waals surface area (Å²) in [7, 11) is 0. The standard InChI is InChI=1S/C13H20BrN3/c1-10(2)17-6-4-11(9-17)7-16-13-3-5-15-8-12(13)14/h3,5,8,10-11H,4,6-7,9H2,1-2H3,(H,15,16). The van der Waals surface area contributed by atoms with Crippen LogP contribution in [0.4, 0.5) is 5.69 Å². The van der Waals surface area contributed by atoms with Crippen molar-refractivity contribution in [1.82, 2.24) is 9.88 Å². The summed E-state index contributed by atoms with van der Waals surface area (Å²) in [6.07, 6.45) is 4.95. The fourth-order valence-electron chi connectivity index (χ4n) is 2.27. The minimum atomic E-state index is 0.674. The van der Waals surface area contributed by atoms with Gasteiger partial charge in [-0.2, -0.15) is 0 Å². The molecule has 2 rings (SSSR count). The molecule has 17 heavy (non-hydrogen) atoms. The van der Waals surface area contributed by atoms with Crippen LogP contribution in [0.5, 0.6) is 0 Å². The third kappa shape index (κ3) is 3.42. The van der Waals surface area contributed by atoms with Gasteiger partial charge in [-0.1, -0.05) is 0 Å². The second kappa shape index (κ2) is 5.83. The van der Waals surface area contributed by atoms with E-state index in [0.29, 0.717) is 6.04 Å². The molecule has 1 aromatic rings. The van der Waals surface area contributed by atoms with E-state index in [2.05, 4.69) is 45.0 Å². The SMILES string of the molecule is CC(C)N1CCC(CNc2ccncc2Br)C1. The van der Waals surface area contributed by atoms with Crippen molar-refractivity contribution in [2.45, 2.75) is 26.3 Å². The molecule has 3 nitrogen and oxygen atoms in total. The maximum absolute atomic E-state index is 4.06. The molecule has 1 fully saturated rings. The Hall–Kier alpha value is -0.610. The first kappa shape index (κ1) is 12.8. The van der Waals surface area contributed by atoms with Gasteiger partial charge in [0.25, 0.3) is 0 Å². The molecule has 4 heteroatoms. The molecule has 1 saturated heterocycles. The molecule has 0 aromatic carbocycles. The predicted octanol–water partition coefficient (Wildman–Crippen LogP) is 2.99. The fourth-order valence-corrected chi connectivity index (χ4v) is 2.66. The Bertz CT molecular complexity index is 367. The molecule has 0 aliphatic carbocycles. The van der Waals surface area contributed by atoms with Gasteiger partial charge >= 0.3 is 0 Å². The largest absolute Gasteiger partial charge is 0.384 e. The van der Waals surface area contributed by atoms with E-state index in [1.165, 1.54) is 19.5 Å². The topological polar surface area (TPSA) is 28.2 Å². The molecule has 0 bridgehead atoms. The Morgan fingerprint density at radius 1 is 1.59 bits per heavy atom. The monoisotopic (exact) mass is 297 g/mol. The molecule has 2 heterocycles. The van der Waals surface area contributed by atoms with Gasteiger partial charge in [0.15, 0.2) is 0 Å². The molecule has 0 saturated carbocycles. The first-order chi connectivity index (χ1) is 8.16. The lowest BCUT2D eigenvalue weighted by molar-refractivity contribution is 0.266. The van der Waals surface area contributed by atoms with Gasteiger partial charge in [-0.05, 0) is 54.7 Å². The first-order valence-corrected chi connectivity index (χ1v) is 7.03. The Labute approximate surface area is 112 Å². The predicted molar refractivity (Wildman–Crippen MR) is 75.2 cm³/mol. The molecule has 1 unspecified atom stereocenters. The van der Waals surface area contributed by atoms with Crippen LogP contribution in [-0.2, 0) is 0 Å². The van der Waals surface area contributed by atoms with Crippen molar-refractivity contribution in [3.8, 4) is 0 Å². The fraction of sp³-hybridized carbons (Fsp3) is 0.615. The van der Waals surface area contributed by atoms with Crippen molar-refractivity contribution < 1.29 is 0 Å². The van der Waals surface area contributed by atoms with E-state index in [1.807, 2.05) is 18.5 Å². The lowest BCUT2D eigenvalue weighted by atomic mass is 10.1. The number of anilines is 1. The zero-order valence-electron chi connectivity index (χ0n) is 10.5. The third-order valence-electron chi connectivity index (χ3n) is 3.40. The van der Waals surface area contributed by atoms with Gasteiger partial charge in [-0.25, -0.2) is 0 Å². The lowest BCUT2D eigenvalue weighted by Crippen LogP contribution is -2.29. The number of rotatable bonds is 4. The zero-order chi connectivity index (χ0) is 12.3. The van der Waals surface area contributed by atoms with Gasteiger partial charge in [0.05, 0.1) is 10.2 Å². The highest BCUT2D eigenvalue weighted by Crippen LogP contribution is 2.23. The van der Waals surface area contributed by atoms with Gasteiger partial charge in [-0.3, -0.25) is 4.98 Å². The van der Waals surface area contributed by atoms with Gasteiger partial charge in [0.2, 0.25) is 0 Å². The molecule has 0 spiro atoms. The maximum Gasteiger partial charge on any atom is 0.0590 e. The average molecular weight is 298 g/mol. The van der Waals surface area contributed by atoms with Crippen molar-refractivity contribution in [3.05, 3.63) is 22.9 Å². The highest BCUT2D eigenvalue weighted by Gasteiger charge is 2.23. The highest BCUT2D eigenvalue weighted by molar-refractivity contribution is 9.10. The second-order valence-corrected chi connectivity index (χ2v) is 5.83. The number of halogens is 1. The highest BCUT2D eigenvalue weighted by atomic mass is 79.9. The summed E-state index contributed by atoms with van der Waals surface area (Å²) in [5.41, 5.74) is 1.14. The Kier molecular flexibility index (Phi) is 4.40. The molecule has 0 radical (unpaired) electrons. The van der Waals surface area contributed by atoms with Crippen LogP contribution >= 0.6 is 15.9 Å². The van der Waals surface area contributed by atoms with Crippen LogP contribution in [0.2, 0.25) is 0 Å². The van der Waals surface area contributed by atoms with E-state index in [-0.39, 0.29) is 0 Å². The minimum absolute atomic E-state index is 0.674. The zero-order valence-corrected chi connectivity index (χ0v) is 12.1. The van der Waals surface area contributed by atoms with Crippen LogP contribution in [0, 0.1) is 5.92 Å². The van der Waals surface area contributed by atoms with Crippen molar-refractivity contribution in [3.63, 3.8) is 0 Å². The summed E-state index contributed by atoms with van der Waals surface area (Å²) < 4.78 is 1.04. The molecule has 1 atom stereocenters. The number of nitrogens with zero attached hydrogens (tertiary/aromatic N) is 2. The van der Waals surface area contributed by atoms with Gasteiger partial charge in [0.1, 0.15) is 0 Å². The smallest absolute Gasteiger partial charge is 0.0590 e. The molecule has 0 amide bonds. The average Bonchev–Trinajstić information content (AvgIpc) is 2.77. The molecule has 1 N–H and O–H groups in total. The van der Waals surface area contributed by atoms with Crippen molar-refractivity contribution >= 4 is 21.6 Å². The third-order valence-corrected chi connectivity index (χ3v) is 4.03. The minimum Gasteiger partial charge on any atom is -0.384 e. The first-order valence-electron chi connectivity index (χ1n) is 6.24. The van der Waals surface area contributed by atoms with Crippen molar-refractivity contribution in [1.29, 1.82) is 0 Å². The summed E-state index contributed by atoms with van der Waals surface area (Å²) in [5.74, 6) is 0.762. The van der Waals surface area contributed by atoms with Crippen LogP contribution in [0.25, 0.3) is 0 Å². The molecule has 1 aliphatic rings. The number of likely N-dealkylation sites (tertiary alicyclic amines) is 1. The van der Waals surface area contributed by atoms with Crippen molar-refractivity contribution in [2.24, 2.45) is 5.92 Å². The van der Waals surface area contributed by atoms with Crippen molar-refractivity contribution in [2.75, 3.05) is 25.0 Å². The molecular weight excluding hydrogens is 278 g/mol. The molecule has 1 aliphatic heterocycles. The Morgan fingerprint density at radius 2 is 2.41 bits per heavy atom. The number of pyridine rings is 1. The summed E-state index contributed by atoms with van der Waals surface area (Å²) >= 11 is 3.51. The van der Waals surface area contributed by atoms with E-state index in [1.54, 1.807) is 0 Å². The van der Waals surface area contributed by atoms with E-state index in [0.717, 1.165) is 22.6 Å². The Balaban J connectivity index is 1.82. The lowest BCUT2D eigenvalue weighted by Gasteiger charge is -2.20. The van der Waals surface area contributed by atoms with Crippen LogP contribution in [0.1, 0.15) is 20.3 Å². The summed E-state index contributed by atoms with van der Waals surface area (Å²) in [6.45, 7) is 8.05. The summed E-state index contributed by atoms with van der Waals surface area (Å²) in [6, 6.07) is 2.69. The van der Waals surface area contributed by atoms with E-state index in [9.17, 15) is 0 Å². The van der Waals surface area contributed by atoms with E-state index < -0.39 is 0 Å². The molecule has 1 aromatic heterocycles. The molecular formula is C13H20BrN3. The van der Waals surface area contributed by atoms with E-state index in [4.69, 9.17) is 0 Å². The van der Waals surface area contributed by atoms with Crippen LogP contribution in [0.15, 0.2) is 22.9 Å². The van der Waals surface area contributed by atoms with Gasteiger partial charge in [-0.15, -0.1) is 0 Å². The van der Waals surface area contributed by atoms with Crippen LogP contribution in [-0.4, -0.2) is 35.6 Å². The number of hydrogen-bond acceptors (Lipinski definition) is 3. The number of aromatic nitrogens is 1. The van der Waals surface area contributed by atoms with Crippen LogP contribution < -0.4 is 5.32 Å².